The molecular formula is C12H28N2. The molecule has 14 heavy (non-hydrogen) atoms. The maximum atomic E-state index is 3.46. The topological polar surface area (TPSA) is 24.1 Å². The molecule has 2 N–H and O–H groups in total. The predicted molar refractivity (Wildman–Crippen MR) is 64.8 cm³/mol. The average molecular weight is 200 g/mol. The van der Waals surface area contributed by atoms with Crippen LogP contribution in [0.3, 0.4) is 0 Å². The highest BCUT2D eigenvalue weighted by atomic mass is 14.9. The van der Waals surface area contributed by atoms with E-state index in [2.05, 4.69) is 24.5 Å². The molecule has 2 heteroatoms. The zero-order chi connectivity index (χ0) is 10.5. The van der Waals surface area contributed by atoms with Gasteiger partial charge in [0, 0.05) is 0 Å². The van der Waals surface area contributed by atoms with Gasteiger partial charge in [-0.3, -0.25) is 0 Å². The molecule has 0 aliphatic heterocycles. The number of hydrogen-bond donors (Lipinski definition) is 2. The number of unbranched alkanes of at least 4 members (excludes halogenated alkanes) is 3. The maximum Gasteiger partial charge on any atom is -0.00484 e. The van der Waals surface area contributed by atoms with Gasteiger partial charge in [-0.15, -0.1) is 0 Å². The Kier molecular flexibility index (Phi) is 12.8. The Morgan fingerprint density at radius 3 is 1.29 bits per heavy atom. The molecule has 0 atom stereocenters. The van der Waals surface area contributed by atoms with E-state index in [4.69, 9.17) is 0 Å². The van der Waals surface area contributed by atoms with Gasteiger partial charge in [0.15, 0.2) is 0 Å². The minimum absolute atomic E-state index is 1.19. The molecule has 2 nitrogen and oxygen atoms in total. The average Bonchev–Trinajstić information content (AvgIpc) is 2.21. The van der Waals surface area contributed by atoms with Crippen molar-refractivity contribution in [1.29, 1.82) is 0 Å². The van der Waals surface area contributed by atoms with Gasteiger partial charge in [-0.25, -0.2) is 0 Å². The highest BCUT2D eigenvalue weighted by Crippen LogP contribution is 1.88. The lowest BCUT2D eigenvalue weighted by Crippen LogP contribution is -2.20. The van der Waals surface area contributed by atoms with Crippen LogP contribution in [0.1, 0.15) is 52.4 Å². The van der Waals surface area contributed by atoms with Crippen LogP contribution in [0.25, 0.3) is 0 Å². The van der Waals surface area contributed by atoms with E-state index in [1.165, 1.54) is 64.7 Å². The van der Waals surface area contributed by atoms with Crippen molar-refractivity contribution in [3.05, 3.63) is 0 Å². The van der Waals surface area contributed by atoms with E-state index in [0.29, 0.717) is 0 Å². The van der Waals surface area contributed by atoms with E-state index in [0.717, 1.165) is 0 Å². The van der Waals surface area contributed by atoms with Crippen molar-refractivity contribution in [3.63, 3.8) is 0 Å². The minimum atomic E-state index is 1.19. The fourth-order valence-electron chi connectivity index (χ4n) is 1.35. The Hall–Kier alpha value is -0.0800. The van der Waals surface area contributed by atoms with Crippen molar-refractivity contribution in [2.24, 2.45) is 0 Å². The summed E-state index contributed by atoms with van der Waals surface area (Å²) in [6.45, 7) is 9.24. The summed E-state index contributed by atoms with van der Waals surface area (Å²) in [5, 5.41) is 6.92. The van der Waals surface area contributed by atoms with Gasteiger partial charge in [-0.2, -0.15) is 0 Å². The molecule has 0 saturated heterocycles. The highest BCUT2D eigenvalue weighted by Gasteiger charge is 1.89. The Bertz CT molecular complexity index is 82.3. The van der Waals surface area contributed by atoms with Gasteiger partial charge in [0.1, 0.15) is 0 Å². The zero-order valence-electron chi connectivity index (χ0n) is 10.1. The smallest absolute Gasteiger partial charge is 0.00484 e. The minimum Gasteiger partial charge on any atom is -0.317 e. The first-order valence-corrected chi connectivity index (χ1v) is 6.33. The molecular weight excluding hydrogens is 172 g/mol. The van der Waals surface area contributed by atoms with Crippen molar-refractivity contribution in [2.75, 3.05) is 26.2 Å². The van der Waals surface area contributed by atoms with E-state index in [1.807, 2.05) is 0 Å². The summed E-state index contributed by atoms with van der Waals surface area (Å²) < 4.78 is 0. The molecule has 0 aromatic carbocycles. The summed E-state index contributed by atoms with van der Waals surface area (Å²) >= 11 is 0. The van der Waals surface area contributed by atoms with Crippen LogP contribution in [0.15, 0.2) is 0 Å². The standard InChI is InChI=1S/C12H28N2/c1-3-5-9-13-11-7-8-12-14-10-6-4-2/h13-14H,3-12H2,1-2H3. The normalized spacial score (nSPS) is 10.7. The molecule has 0 radical (unpaired) electrons. The predicted octanol–water partition coefficient (Wildman–Crippen LogP) is 2.55. The fraction of sp³-hybridized carbons (Fsp3) is 1.00. The molecule has 0 amide bonds. The fourth-order valence-corrected chi connectivity index (χ4v) is 1.35. The first-order chi connectivity index (χ1) is 6.91. The van der Waals surface area contributed by atoms with Gasteiger partial charge in [0.25, 0.3) is 0 Å². The lowest BCUT2D eigenvalue weighted by molar-refractivity contribution is 0.564. The summed E-state index contributed by atoms with van der Waals surface area (Å²) in [6.07, 6.45) is 7.84. The Morgan fingerprint density at radius 1 is 0.571 bits per heavy atom. The van der Waals surface area contributed by atoms with E-state index >= 15 is 0 Å². The number of rotatable bonds is 11. The summed E-state index contributed by atoms with van der Waals surface area (Å²) in [6, 6.07) is 0. The second-order valence-corrected chi connectivity index (χ2v) is 3.91. The van der Waals surface area contributed by atoms with Crippen LogP contribution in [0.5, 0.6) is 0 Å². The van der Waals surface area contributed by atoms with Crippen LogP contribution < -0.4 is 10.6 Å². The van der Waals surface area contributed by atoms with Gasteiger partial charge in [-0.05, 0) is 51.9 Å². The van der Waals surface area contributed by atoms with Crippen LogP contribution in [-0.2, 0) is 0 Å². The Labute approximate surface area is 89.9 Å². The molecule has 0 rings (SSSR count). The summed E-state index contributed by atoms with van der Waals surface area (Å²) in [5.74, 6) is 0. The number of nitrogens with one attached hydrogen (secondary N) is 2. The first-order valence-electron chi connectivity index (χ1n) is 6.33. The van der Waals surface area contributed by atoms with Crippen LogP contribution in [0, 0.1) is 0 Å². The molecule has 0 unspecified atom stereocenters. The second-order valence-electron chi connectivity index (χ2n) is 3.91. The first kappa shape index (κ1) is 13.9. The van der Waals surface area contributed by atoms with E-state index < -0.39 is 0 Å². The van der Waals surface area contributed by atoms with E-state index in [1.54, 1.807) is 0 Å². The van der Waals surface area contributed by atoms with Crippen molar-refractivity contribution >= 4 is 0 Å². The third-order valence-electron chi connectivity index (χ3n) is 2.37. The molecule has 0 heterocycles. The van der Waals surface area contributed by atoms with Crippen LogP contribution in [0.2, 0.25) is 0 Å². The molecule has 0 aliphatic rings. The summed E-state index contributed by atoms with van der Waals surface area (Å²) in [4.78, 5) is 0. The van der Waals surface area contributed by atoms with Crippen LogP contribution in [-0.4, -0.2) is 26.2 Å². The lowest BCUT2D eigenvalue weighted by Gasteiger charge is -2.05. The van der Waals surface area contributed by atoms with E-state index in [9.17, 15) is 0 Å². The van der Waals surface area contributed by atoms with Crippen LogP contribution >= 0.6 is 0 Å². The zero-order valence-corrected chi connectivity index (χ0v) is 10.1. The van der Waals surface area contributed by atoms with Crippen molar-refractivity contribution in [2.45, 2.75) is 52.4 Å². The second kappa shape index (κ2) is 12.9. The van der Waals surface area contributed by atoms with Crippen molar-refractivity contribution in [1.82, 2.24) is 10.6 Å². The number of hydrogen-bond acceptors (Lipinski definition) is 2. The molecule has 0 bridgehead atoms. The molecule has 0 aromatic rings. The van der Waals surface area contributed by atoms with Crippen LogP contribution in [0.4, 0.5) is 0 Å². The molecule has 0 spiro atoms. The molecule has 0 fully saturated rings. The molecule has 86 valence electrons. The lowest BCUT2D eigenvalue weighted by atomic mass is 10.3. The van der Waals surface area contributed by atoms with E-state index in [-0.39, 0.29) is 0 Å². The SMILES string of the molecule is CCCCNCCCCNCCCC. The van der Waals surface area contributed by atoms with Gasteiger partial charge in [-0.1, -0.05) is 26.7 Å². The third-order valence-corrected chi connectivity index (χ3v) is 2.37. The van der Waals surface area contributed by atoms with Gasteiger partial charge in [0.2, 0.25) is 0 Å². The molecule has 0 saturated carbocycles. The summed E-state index contributed by atoms with van der Waals surface area (Å²) in [5.41, 5.74) is 0. The van der Waals surface area contributed by atoms with Gasteiger partial charge >= 0.3 is 0 Å². The largest absolute Gasteiger partial charge is 0.317 e. The van der Waals surface area contributed by atoms with Gasteiger partial charge in [0.05, 0.1) is 0 Å². The Balaban J connectivity index is 2.78. The van der Waals surface area contributed by atoms with Gasteiger partial charge < -0.3 is 10.6 Å². The monoisotopic (exact) mass is 200 g/mol. The molecule has 0 aliphatic carbocycles. The maximum absolute atomic E-state index is 3.46. The quantitative estimate of drug-likeness (QED) is 0.501. The highest BCUT2D eigenvalue weighted by molar-refractivity contribution is 4.51. The van der Waals surface area contributed by atoms with Crippen molar-refractivity contribution in [3.8, 4) is 0 Å². The summed E-state index contributed by atoms with van der Waals surface area (Å²) in [7, 11) is 0. The third kappa shape index (κ3) is 11.9. The molecule has 0 aromatic heterocycles. The Morgan fingerprint density at radius 2 is 0.929 bits per heavy atom. The van der Waals surface area contributed by atoms with Crippen molar-refractivity contribution < 1.29 is 0 Å².